The smallest absolute Gasteiger partial charge is 0.405 e. The SMILES string of the molecule is CC[P@](C)(=O)c1ccc(-c2nc(-c3cccc4nn(-c5cc(C6CC6)n(C)n5)cc34)c(C3CC3)n2C)c(OC(F)(F)F)c1. The van der Waals surface area contributed by atoms with Crippen LogP contribution in [0.3, 0.4) is 0 Å². The van der Waals surface area contributed by atoms with Crippen LogP contribution in [-0.2, 0) is 18.7 Å². The van der Waals surface area contributed by atoms with Crippen molar-refractivity contribution in [2.45, 2.75) is 50.8 Å². The fraction of sp³-hybridized carbons (Fsp3) is 0.387. The monoisotopic (exact) mass is 608 g/mol. The van der Waals surface area contributed by atoms with E-state index in [1.54, 1.807) is 30.4 Å². The highest BCUT2D eigenvalue weighted by atomic mass is 31.2. The number of imidazole rings is 1. The highest BCUT2D eigenvalue weighted by molar-refractivity contribution is 7.70. The summed E-state index contributed by atoms with van der Waals surface area (Å²) in [5.74, 6) is 1.48. The average Bonchev–Trinajstić information content (AvgIpc) is 3.87. The van der Waals surface area contributed by atoms with Crippen LogP contribution in [0.2, 0.25) is 0 Å². The zero-order valence-corrected chi connectivity index (χ0v) is 25.3. The highest BCUT2D eigenvalue weighted by Gasteiger charge is 2.36. The van der Waals surface area contributed by atoms with Gasteiger partial charge in [-0.2, -0.15) is 10.2 Å². The van der Waals surface area contributed by atoms with E-state index in [9.17, 15) is 17.7 Å². The van der Waals surface area contributed by atoms with Gasteiger partial charge in [0.05, 0.1) is 16.8 Å². The summed E-state index contributed by atoms with van der Waals surface area (Å²) < 4.78 is 63.9. The van der Waals surface area contributed by atoms with Crippen molar-refractivity contribution in [1.29, 1.82) is 0 Å². The van der Waals surface area contributed by atoms with Gasteiger partial charge >= 0.3 is 6.36 Å². The molecule has 0 N–H and O–H groups in total. The van der Waals surface area contributed by atoms with E-state index >= 15 is 0 Å². The van der Waals surface area contributed by atoms with Crippen LogP contribution in [0, 0.1) is 0 Å². The van der Waals surface area contributed by atoms with Crippen molar-refractivity contribution < 1.29 is 22.5 Å². The number of hydrogen-bond donors (Lipinski definition) is 0. The van der Waals surface area contributed by atoms with Crippen molar-refractivity contribution in [1.82, 2.24) is 29.1 Å². The number of aromatic nitrogens is 6. The zero-order valence-electron chi connectivity index (χ0n) is 24.4. The molecule has 43 heavy (non-hydrogen) atoms. The number of fused-ring (bicyclic) bond motifs is 1. The molecule has 3 heterocycles. The van der Waals surface area contributed by atoms with Crippen molar-refractivity contribution in [2.24, 2.45) is 14.1 Å². The molecule has 8 nitrogen and oxygen atoms in total. The normalized spacial score (nSPS) is 17.0. The average molecular weight is 609 g/mol. The van der Waals surface area contributed by atoms with Gasteiger partial charge in [0.2, 0.25) is 0 Å². The largest absolute Gasteiger partial charge is 0.573 e. The molecule has 2 saturated carbocycles. The first-order valence-electron chi connectivity index (χ1n) is 14.5. The van der Waals surface area contributed by atoms with Gasteiger partial charge in [-0.05, 0) is 50.5 Å². The summed E-state index contributed by atoms with van der Waals surface area (Å²) in [6, 6.07) is 12.3. The second-order valence-electron chi connectivity index (χ2n) is 11.8. The van der Waals surface area contributed by atoms with E-state index in [1.807, 2.05) is 47.7 Å². The van der Waals surface area contributed by atoms with Crippen LogP contribution < -0.4 is 10.0 Å². The minimum Gasteiger partial charge on any atom is -0.405 e. The zero-order chi connectivity index (χ0) is 30.3. The molecule has 2 aromatic carbocycles. The fourth-order valence-corrected chi connectivity index (χ4v) is 7.01. The summed E-state index contributed by atoms with van der Waals surface area (Å²) in [6.07, 6.45) is 1.64. The molecule has 0 spiro atoms. The summed E-state index contributed by atoms with van der Waals surface area (Å²) in [5.41, 5.74) is 4.68. The third-order valence-electron chi connectivity index (χ3n) is 8.62. The van der Waals surface area contributed by atoms with E-state index in [2.05, 4.69) is 10.8 Å². The maximum atomic E-state index is 13.6. The van der Waals surface area contributed by atoms with Crippen molar-refractivity contribution in [3.8, 4) is 34.2 Å². The number of ether oxygens (including phenoxy) is 1. The van der Waals surface area contributed by atoms with Gasteiger partial charge in [-0.3, -0.25) is 4.68 Å². The molecule has 2 aliphatic rings. The highest BCUT2D eigenvalue weighted by Crippen LogP contribution is 2.48. The number of halogens is 3. The van der Waals surface area contributed by atoms with Gasteiger partial charge in [0.15, 0.2) is 5.82 Å². The quantitative estimate of drug-likeness (QED) is 0.175. The standard InChI is InChI=1S/C31H32F3N6O2P/c1-5-43(4,41)20-13-14-22(26(15-20)42-31(32,33)34)30-35-28(29(38(30)2)19-11-12-19)21-7-6-8-24-23(21)17-40(36-24)27-16-25(18-9-10-18)39(3)37-27/h6-8,13-19H,5,9-12H2,1-4H3/t43-/m0/s1. The van der Waals surface area contributed by atoms with Crippen LogP contribution in [0.15, 0.2) is 48.7 Å². The molecule has 2 fully saturated rings. The maximum Gasteiger partial charge on any atom is 0.573 e. The van der Waals surface area contributed by atoms with Crippen molar-refractivity contribution in [2.75, 3.05) is 12.8 Å². The lowest BCUT2D eigenvalue weighted by molar-refractivity contribution is -0.274. The number of hydrogen-bond acceptors (Lipinski definition) is 5. The van der Waals surface area contributed by atoms with Gasteiger partial charge in [-0.25, -0.2) is 9.67 Å². The molecule has 0 unspecified atom stereocenters. The minimum absolute atomic E-state index is 0.191. The van der Waals surface area contributed by atoms with Gasteiger partial charge in [0.1, 0.15) is 18.7 Å². The van der Waals surface area contributed by atoms with Crippen LogP contribution >= 0.6 is 7.14 Å². The van der Waals surface area contributed by atoms with Crippen molar-refractivity contribution in [3.05, 3.63) is 60.0 Å². The number of benzene rings is 2. The molecule has 0 aliphatic heterocycles. The van der Waals surface area contributed by atoms with Gasteiger partial charge in [-0.15, -0.1) is 13.2 Å². The second kappa shape index (κ2) is 9.84. The van der Waals surface area contributed by atoms with Crippen LogP contribution in [0.1, 0.15) is 55.8 Å². The molecule has 5 aromatic rings. The van der Waals surface area contributed by atoms with Gasteiger partial charge in [0.25, 0.3) is 0 Å². The Morgan fingerprint density at radius 1 is 1.00 bits per heavy atom. The first kappa shape index (κ1) is 28.0. The Balaban J connectivity index is 1.37. The Kier molecular flexibility index (Phi) is 6.40. The third-order valence-corrected chi connectivity index (χ3v) is 11.2. The minimum atomic E-state index is -4.92. The molecular formula is C31H32F3N6O2P. The lowest BCUT2D eigenvalue weighted by atomic mass is 10.0. The summed E-state index contributed by atoms with van der Waals surface area (Å²) in [4.78, 5) is 4.99. The van der Waals surface area contributed by atoms with Gasteiger partial charge < -0.3 is 13.9 Å². The molecule has 12 heteroatoms. The molecule has 0 saturated heterocycles. The van der Waals surface area contributed by atoms with E-state index in [-0.39, 0.29) is 11.5 Å². The Morgan fingerprint density at radius 3 is 2.42 bits per heavy atom. The van der Waals surface area contributed by atoms with E-state index in [4.69, 9.17) is 15.2 Å². The van der Waals surface area contributed by atoms with E-state index in [1.165, 1.54) is 24.6 Å². The van der Waals surface area contributed by atoms with E-state index < -0.39 is 19.3 Å². The first-order valence-corrected chi connectivity index (χ1v) is 16.8. The molecule has 3 aromatic heterocycles. The predicted octanol–water partition coefficient (Wildman–Crippen LogP) is 7.12. The number of rotatable bonds is 8. The Bertz CT molecular complexity index is 1930. The summed E-state index contributed by atoms with van der Waals surface area (Å²) in [7, 11) is 0.940. The van der Waals surface area contributed by atoms with Crippen LogP contribution in [0.4, 0.5) is 13.2 Å². The third kappa shape index (κ3) is 5.07. The molecule has 224 valence electrons. The van der Waals surface area contributed by atoms with E-state index in [0.29, 0.717) is 28.9 Å². The molecule has 0 radical (unpaired) electrons. The Hall–Kier alpha value is -3.85. The fourth-order valence-electron chi connectivity index (χ4n) is 5.86. The Morgan fingerprint density at radius 2 is 1.74 bits per heavy atom. The topological polar surface area (TPSA) is 79.8 Å². The Labute approximate surface area is 246 Å². The van der Waals surface area contributed by atoms with E-state index in [0.717, 1.165) is 40.8 Å². The molecule has 2 aliphatic carbocycles. The molecule has 7 rings (SSSR count). The summed E-state index contributed by atoms with van der Waals surface area (Å²) in [6.45, 7) is 3.33. The van der Waals surface area contributed by atoms with Crippen LogP contribution in [0.5, 0.6) is 5.75 Å². The van der Waals surface area contributed by atoms with Crippen molar-refractivity contribution in [3.63, 3.8) is 0 Å². The predicted molar refractivity (Wildman–Crippen MR) is 160 cm³/mol. The molecule has 1 atom stereocenters. The van der Waals surface area contributed by atoms with Crippen LogP contribution in [-0.4, -0.2) is 48.3 Å². The molecule has 0 bridgehead atoms. The van der Waals surface area contributed by atoms with Gasteiger partial charge in [-0.1, -0.05) is 25.1 Å². The lowest BCUT2D eigenvalue weighted by Crippen LogP contribution is -2.19. The first-order chi connectivity index (χ1) is 20.4. The molecular weight excluding hydrogens is 576 g/mol. The molecule has 0 amide bonds. The number of aryl methyl sites for hydroxylation is 1. The van der Waals surface area contributed by atoms with Gasteiger partial charge in [0, 0.05) is 72.0 Å². The summed E-state index contributed by atoms with van der Waals surface area (Å²) >= 11 is 0. The number of nitrogens with zero attached hydrogens (tertiary/aromatic N) is 6. The summed E-state index contributed by atoms with van der Waals surface area (Å²) in [5, 5.41) is 10.7. The second-order valence-corrected chi connectivity index (χ2v) is 15.1. The lowest BCUT2D eigenvalue weighted by Gasteiger charge is -2.17. The number of alkyl halides is 3. The van der Waals surface area contributed by atoms with Crippen LogP contribution in [0.25, 0.3) is 39.4 Å². The van der Waals surface area contributed by atoms with Crippen molar-refractivity contribution >= 4 is 23.3 Å². The maximum absolute atomic E-state index is 13.6.